The Labute approximate surface area is 168 Å². The smallest absolute Gasteiger partial charge is 0.225 e. The lowest BCUT2D eigenvalue weighted by Gasteiger charge is -2.06. The van der Waals surface area contributed by atoms with Gasteiger partial charge in [-0.05, 0) is 52.9 Å². The van der Waals surface area contributed by atoms with E-state index in [1.54, 1.807) is 0 Å². The average molecular weight is 383 g/mol. The van der Waals surface area contributed by atoms with E-state index in [2.05, 4.69) is 39.8 Å². The number of carbonyl (C=O) groups is 1. The minimum atomic E-state index is -0.0371. The van der Waals surface area contributed by atoms with Gasteiger partial charge in [0.1, 0.15) is 5.75 Å². The van der Waals surface area contributed by atoms with E-state index in [1.165, 1.54) is 5.56 Å². The summed E-state index contributed by atoms with van der Waals surface area (Å²) in [6.45, 7) is 0.756. The summed E-state index contributed by atoms with van der Waals surface area (Å²) in [6.07, 6.45) is 2.09. The normalized spacial score (nSPS) is 12.6. The van der Waals surface area contributed by atoms with E-state index in [0.29, 0.717) is 18.7 Å². The number of aromatic nitrogens is 2. The van der Waals surface area contributed by atoms with Gasteiger partial charge in [-0.2, -0.15) is 5.10 Å². The zero-order valence-electron chi connectivity index (χ0n) is 15.9. The highest BCUT2D eigenvalue weighted by atomic mass is 16.5. The Morgan fingerprint density at radius 2 is 1.86 bits per heavy atom. The highest BCUT2D eigenvalue weighted by molar-refractivity contribution is 6.00. The van der Waals surface area contributed by atoms with Crippen LogP contribution >= 0.6 is 0 Å². The summed E-state index contributed by atoms with van der Waals surface area (Å²) in [4.78, 5) is 12.3. The zero-order chi connectivity index (χ0) is 19.6. The molecule has 5 rings (SSSR count). The predicted octanol–water partition coefficient (Wildman–Crippen LogP) is 4.74. The molecule has 4 aromatic rings. The molecule has 1 amide bonds. The first-order valence-corrected chi connectivity index (χ1v) is 9.84. The van der Waals surface area contributed by atoms with Gasteiger partial charge in [-0.25, -0.2) is 0 Å². The Balaban J connectivity index is 1.32. The first-order chi connectivity index (χ1) is 14.3. The molecule has 0 fully saturated rings. The number of benzene rings is 3. The summed E-state index contributed by atoms with van der Waals surface area (Å²) in [5.74, 6) is 1.52. The van der Waals surface area contributed by atoms with Crippen LogP contribution < -0.4 is 10.1 Å². The van der Waals surface area contributed by atoms with Gasteiger partial charge >= 0.3 is 0 Å². The van der Waals surface area contributed by atoms with Gasteiger partial charge in [0.05, 0.1) is 12.1 Å². The minimum absolute atomic E-state index is 0.0371. The molecule has 0 spiro atoms. The Morgan fingerprint density at radius 3 is 2.76 bits per heavy atom. The maximum absolute atomic E-state index is 12.3. The van der Waals surface area contributed by atoms with E-state index in [-0.39, 0.29) is 5.91 Å². The van der Waals surface area contributed by atoms with Crippen LogP contribution in [0.4, 0.5) is 5.82 Å². The fraction of sp³-hybridized carbons (Fsp3) is 0.167. The first kappa shape index (κ1) is 17.5. The number of nitrogens with one attached hydrogen (secondary N) is 2. The van der Waals surface area contributed by atoms with Gasteiger partial charge in [0, 0.05) is 18.2 Å². The molecule has 2 heterocycles. The van der Waals surface area contributed by atoms with Gasteiger partial charge in [0.15, 0.2) is 5.82 Å². The number of rotatable bonds is 5. The largest absolute Gasteiger partial charge is 0.493 e. The zero-order valence-corrected chi connectivity index (χ0v) is 15.9. The standard InChI is InChI=1S/C24H21N3O2/c28-23(11-6-16-4-2-1-3-5-16)25-24-20-9-7-18(15-21(20)26-27-24)17-8-10-22-19(14-17)12-13-29-22/h1-5,7-10,14-15H,6,11-13H2,(H2,25,26,27,28). The molecule has 3 aromatic carbocycles. The number of hydrogen-bond donors (Lipinski definition) is 2. The van der Waals surface area contributed by atoms with Crippen molar-refractivity contribution in [1.29, 1.82) is 0 Å². The van der Waals surface area contributed by atoms with Crippen molar-refractivity contribution in [3.05, 3.63) is 77.9 Å². The van der Waals surface area contributed by atoms with Crippen LogP contribution in [0.25, 0.3) is 22.0 Å². The topological polar surface area (TPSA) is 67.0 Å². The molecular weight excluding hydrogens is 362 g/mol. The lowest BCUT2D eigenvalue weighted by molar-refractivity contribution is -0.116. The molecule has 0 bridgehead atoms. The van der Waals surface area contributed by atoms with Crippen molar-refractivity contribution in [2.24, 2.45) is 0 Å². The number of aryl methyl sites for hydroxylation is 1. The molecule has 0 radical (unpaired) electrons. The van der Waals surface area contributed by atoms with Gasteiger partial charge in [-0.15, -0.1) is 0 Å². The Morgan fingerprint density at radius 1 is 1.03 bits per heavy atom. The lowest BCUT2D eigenvalue weighted by atomic mass is 10.0. The summed E-state index contributed by atoms with van der Waals surface area (Å²) < 4.78 is 5.59. The molecule has 1 aliphatic heterocycles. The molecular formula is C24H21N3O2. The fourth-order valence-electron chi connectivity index (χ4n) is 3.76. The number of H-pyrrole nitrogens is 1. The third kappa shape index (κ3) is 3.59. The van der Waals surface area contributed by atoms with Crippen molar-refractivity contribution >= 4 is 22.6 Å². The van der Waals surface area contributed by atoms with Gasteiger partial charge in [0.2, 0.25) is 5.91 Å². The summed E-state index contributed by atoms with van der Waals surface area (Å²) in [7, 11) is 0. The van der Waals surface area contributed by atoms with E-state index >= 15 is 0 Å². The van der Waals surface area contributed by atoms with E-state index in [0.717, 1.165) is 46.4 Å². The van der Waals surface area contributed by atoms with Gasteiger partial charge in [0.25, 0.3) is 0 Å². The number of carbonyl (C=O) groups excluding carboxylic acids is 1. The quantitative estimate of drug-likeness (QED) is 0.523. The van der Waals surface area contributed by atoms with Crippen molar-refractivity contribution in [2.75, 3.05) is 11.9 Å². The monoisotopic (exact) mass is 383 g/mol. The van der Waals surface area contributed by atoms with Crippen LogP contribution in [0.1, 0.15) is 17.5 Å². The minimum Gasteiger partial charge on any atom is -0.493 e. The number of fused-ring (bicyclic) bond motifs is 2. The van der Waals surface area contributed by atoms with E-state index in [4.69, 9.17) is 4.74 Å². The number of amides is 1. The summed E-state index contributed by atoms with van der Waals surface area (Å²) in [5, 5.41) is 11.2. The molecule has 1 aromatic heterocycles. The number of anilines is 1. The van der Waals surface area contributed by atoms with E-state index in [1.807, 2.05) is 42.5 Å². The van der Waals surface area contributed by atoms with Crippen molar-refractivity contribution in [3.8, 4) is 16.9 Å². The maximum Gasteiger partial charge on any atom is 0.225 e. The van der Waals surface area contributed by atoms with Crippen LogP contribution in [0.15, 0.2) is 66.7 Å². The summed E-state index contributed by atoms with van der Waals surface area (Å²) in [5.41, 5.74) is 5.56. The van der Waals surface area contributed by atoms with Crippen LogP contribution in [0, 0.1) is 0 Å². The Bertz CT molecular complexity index is 1180. The second kappa shape index (κ2) is 7.43. The maximum atomic E-state index is 12.3. The second-order valence-electron chi connectivity index (χ2n) is 7.29. The first-order valence-electron chi connectivity index (χ1n) is 9.84. The lowest BCUT2D eigenvalue weighted by Crippen LogP contribution is -2.12. The molecule has 0 atom stereocenters. The van der Waals surface area contributed by atoms with Crippen molar-refractivity contribution < 1.29 is 9.53 Å². The molecule has 2 N–H and O–H groups in total. The number of hydrogen-bond acceptors (Lipinski definition) is 3. The third-order valence-corrected chi connectivity index (χ3v) is 5.33. The van der Waals surface area contributed by atoms with Crippen molar-refractivity contribution in [2.45, 2.75) is 19.3 Å². The van der Waals surface area contributed by atoms with E-state index < -0.39 is 0 Å². The molecule has 0 saturated heterocycles. The molecule has 5 heteroatoms. The van der Waals surface area contributed by atoms with Gasteiger partial charge < -0.3 is 10.1 Å². The van der Waals surface area contributed by atoms with Gasteiger partial charge in [-0.1, -0.05) is 42.5 Å². The number of aromatic amines is 1. The van der Waals surface area contributed by atoms with Crippen molar-refractivity contribution in [1.82, 2.24) is 10.2 Å². The van der Waals surface area contributed by atoms with Crippen LogP contribution in [0.2, 0.25) is 0 Å². The SMILES string of the molecule is O=C(CCc1ccccc1)Nc1n[nH]c2cc(-c3ccc4c(c3)CCO4)ccc12. The molecule has 29 heavy (non-hydrogen) atoms. The highest BCUT2D eigenvalue weighted by Gasteiger charge is 2.14. The van der Waals surface area contributed by atoms with Crippen molar-refractivity contribution in [3.63, 3.8) is 0 Å². The molecule has 0 saturated carbocycles. The predicted molar refractivity (Wildman–Crippen MR) is 114 cm³/mol. The second-order valence-corrected chi connectivity index (χ2v) is 7.29. The summed E-state index contributed by atoms with van der Waals surface area (Å²) in [6, 6.07) is 22.4. The van der Waals surface area contributed by atoms with E-state index in [9.17, 15) is 4.79 Å². The Kier molecular flexibility index (Phi) is 4.48. The molecule has 5 nitrogen and oxygen atoms in total. The molecule has 1 aliphatic rings. The summed E-state index contributed by atoms with van der Waals surface area (Å²) >= 11 is 0. The third-order valence-electron chi connectivity index (χ3n) is 5.33. The van der Waals surface area contributed by atoms with Crippen LogP contribution in [0.3, 0.4) is 0 Å². The van der Waals surface area contributed by atoms with Gasteiger partial charge in [-0.3, -0.25) is 9.89 Å². The molecule has 0 unspecified atom stereocenters. The van der Waals surface area contributed by atoms with Crippen LogP contribution in [-0.2, 0) is 17.6 Å². The number of ether oxygens (including phenoxy) is 1. The molecule has 0 aliphatic carbocycles. The number of nitrogens with zero attached hydrogens (tertiary/aromatic N) is 1. The Hall–Kier alpha value is -3.60. The highest BCUT2D eigenvalue weighted by Crippen LogP contribution is 2.32. The average Bonchev–Trinajstić information content (AvgIpc) is 3.39. The van der Waals surface area contributed by atoms with Crippen LogP contribution in [0.5, 0.6) is 5.75 Å². The fourth-order valence-corrected chi connectivity index (χ4v) is 3.76. The molecule has 144 valence electrons. The van der Waals surface area contributed by atoms with Crippen LogP contribution in [-0.4, -0.2) is 22.7 Å².